The van der Waals surface area contributed by atoms with Crippen LogP contribution in [0.1, 0.15) is 37.7 Å². The highest BCUT2D eigenvalue weighted by Gasteiger charge is 2.15. The van der Waals surface area contributed by atoms with Crippen molar-refractivity contribution in [1.29, 1.82) is 0 Å². The lowest BCUT2D eigenvalue weighted by atomic mass is 9.96. The number of nitrogens with zero attached hydrogens (tertiary/aromatic N) is 2. The Kier molecular flexibility index (Phi) is 4.60. The van der Waals surface area contributed by atoms with Crippen LogP contribution >= 0.6 is 11.3 Å². The summed E-state index contributed by atoms with van der Waals surface area (Å²) in [6.45, 7) is 0.533. The van der Waals surface area contributed by atoms with Crippen LogP contribution in [0.5, 0.6) is 5.75 Å². The molecule has 1 saturated carbocycles. The van der Waals surface area contributed by atoms with E-state index in [0.29, 0.717) is 12.6 Å². The molecule has 1 aromatic carbocycles. The lowest BCUT2D eigenvalue weighted by Gasteiger charge is -2.22. The zero-order valence-corrected chi connectivity index (χ0v) is 14.4. The van der Waals surface area contributed by atoms with Gasteiger partial charge in [-0.05, 0) is 37.1 Å². The molecule has 1 aliphatic rings. The van der Waals surface area contributed by atoms with Gasteiger partial charge in [-0.25, -0.2) is 4.98 Å². The summed E-state index contributed by atoms with van der Waals surface area (Å²) in [5, 5.41) is 4.63. The predicted octanol–water partition coefficient (Wildman–Crippen LogP) is 5.01. The molecule has 0 atom stereocenters. The lowest BCUT2D eigenvalue weighted by Crippen LogP contribution is -2.21. The number of benzene rings is 1. The summed E-state index contributed by atoms with van der Waals surface area (Å²) in [4.78, 5) is 8.82. The number of rotatable bonds is 5. The van der Waals surface area contributed by atoms with Crippen LogP contribution < -0.4 is 10.1 Å². The van der Waals surface area contributed by atoms with Crippen LogP contribution in [-0.2, 0) is 6.61 Å². The van der Waals surface area contributed by atoms with Crippen molar-refractivity contribution in [2.24, 2.45) is 0 Å². The number of hydrogen-bond donors (Lipinski definition) is 1. The van der Waals surface area contributed by atoms with Crippen molar-refractivity contribution in [1.82, 2.24) is 9.97 Å². The average molecular weight is 339 g/mol. The Bertz CT molecular complexity index is 797. The molecule has 1 aliphatic carbocycles. The number of ether oxygens (including phenoxy) is 1. The van der Waals surface area contributed by atoms with Crippen molar-refractivity contribution in [3.8, 4) is 5.75 Å². The van der Waals surface area contributed by atoms with Gasteiger partial charge in [0, 0.05) is 24.0 Å². The number of pyridine rings is 1. The van der Waals surface area contributed by atoms with E-state index < -0.39 is 0 Å². The van der Waals surface area contributed by atoms with Gasteiger partial charge in [0.1, 0.15) is 12.4 Å². The normalized spacial score (nSPS) is 15.5. The van der Waals surface area contributed by atoms with E-state index in [4.69, 9.17) is 9.72 Å². The fraction of sp³-hybridized carbons (Fsp3) is 0.368. The molecule has 0 aliphatic heterocycles. The molecule has 124 valence electrons. The Morgan fingerprint density at radius 3 is 2.92 bits per heavy atom. The first-order valence-corrected chi connectivity index (χ1v) is 9.37. The first-order chi connectivity index (χ1) is 11.9. The maximum absolute atomic E-state index is 5.88. The molecule has 24 heavy (non-hydrogen) atoms. The molecular weight excluding hydrogens is 318 g/mol. The van der Waals surface area contributed by atoms with Crippen molar-refractivity contribution in [3.05, 3.63) is 48.3 Å². The van der Waals surface area contributed by atoms with Crippen LogP contribution in [0, 0.1) is 0 Å². The molecule has 4 rings (SSSR count). The highest BCUT2D eigenvalue weighted by Crippen LogP contribution is 2.31. The SMILES string of the molecule is c1cncc(COc2ccc3nc(NC4CCCCC4)sc3c2)c1. The molecule has 5 heteroatoms. The van der Waals surface area contributed by atoms with E-state index >= 15 is 0 Å². The molecule has 0 spiro atoms. The largest absolute Gasteiger partial charge is 0.489 e. The predicted molar refractivity (Wildman–Crippen MR) is 98.7 cm³/mol. The highest BCUT2D eigenvalue weighted by molar-refractivity contribution is 7.22. The van der Waals surface area contributed by atoms with Crippen LogP contribution in [0.2, 0.25) is 0 Å². The highest BCUT2D eigenvalue weighted by atomic mass is 32.1. The van der Waals surface area contributed by atoms with E-state index in [1.165, 1.54) is 32.1 Å². The molecule has 2 heterocycles. The van der Waals surface area contributed by atoms with E-state index in [1.807, 2.05) is 30.5 Å². The summed E-state index contributed by atoms with van der Waals surface area (Å²) in [5.74, 6) is 0.874. The second-order valence-corrected chi connectivity index (χ2v) is 7.31. The number of nitrogens with one attached hydrogen (secondary N) is 1. The second kappa shape index (κ2) is 7.18. The zero-order chi connectivity index (χ0) is 16.2. The minimum atomic E-state index is 0.533. The molecule has 0 radical (unpaired) electrons. The molecular formula is C19H21N3OS. The van der Waals surface area contributed by atoms with E-state index in [0.717, 1.165) is 26.7 Å². The fourth-order valence-electron chi connectivity index (χ4n) is 3.13. The third-order valence-electron chi connectivity index (χ3n) is 4.42. The Labute approximate surface area is 145 Å². The topological polar surface area (TPSA) is 47.0 Å². The van der Waals surface area contributed by atoms with E-state index in [2.05, 4.69) is 16.4 Å². The van der Waals surface area contributed by atoms with Gasteiger partial charge in [0.25, 0.3) is 0 Å². The Balaban J connectivity index is 1.44. The Hall–Kier alpha value is -2.14. The average Bonchev–Trinajstić information content (AvgIpc) is 3.03. The first kappa shape index (κ1) is 15.4. The van der Waals surface area contributed by atoms with Crippen molar-refractivity contribution in [3.63, 3.8) is 0 Å². The van der Waals surface area contributed by atoms with Gasteiger partial charge < -0.3 is 10.1 Å². The summed E-state index contributed by atoms with van der Waals surface area (Å²) in [6, 6.07) is 10.6. The summed E-state index contributed by atoms with van der Waals surface area (Å²) < 4.78 is 7.04. The summed E-state index contributed by atoms with van der Waals surface area (Å²) in [6.07, 6.45) is 10.1. The molecule has 4 nitrogen and oxygen atoms in total. The quantitative estimate of drug-likeness (QED) is 0.709. The maximum Gasteiger partial charge on any atom is 0.184 e. The van der Waals surface area contributed by atoms with E-state index in [-0.39, 0.29) is 0 Å². The second-order valence-electron chi connectivity index (χ2n) is 6.28. The first-order valence-electron chi connectivity index (χ1n) is 8.56. The van der Waals surface area contributed by atoms with Crippen LogP contribution in [-0.4, -0.2) is 16.0 Å². The molecule has 3 aromatic rings. The number of anilines is 1. The lowest BCUT2D eigenvalue weighted by molar-refractivity contribution is 0.306. The van der Waals surface area contributed by atoms with Gasteiger partial charge in [0.15, 0.2) is 5.13 Å². The van der Waals surface area contributed by atoms with Crippen LogP contribution in [0.25, 0.3) is 10.2 Å². The molecule has 0 saturated heterocycles. The number of hydrogen-bond acceptors (Lipinski definition) is 5. The van der Waals surface area contributed by atoms with Crippen LogP contribution in [0.4, 0.5) is 5.13 Å². The standard InChI is InChI=1S/C19H21N3OS/c1-2-6-15(7-3-1)21-19-22-17-9-8-16(11-18(17)24-19)23-13-14-5-4-10-20-12-14/h4-5,8-12,15H,1-3,6-7,13H2,(H,21,22). The number of aromatic nitrogens is 2. The van der Waals surface area contributed by atoms with Crippen molar-refractivity contribution >= 4 is 26.7 Å². The van der Waals surface area contributed by atoms with Gasteiger partial charge >= 0.3 is 0 Å². The van der Waals surface area contributed by atoms with Gasteiger partial charge in [-0.3, -0.25) is 4.98 Å². The number of fused-ring (bicyclic) bond motifs is 1. The molecule has 0 unspecified atom stereocenters. The summed E-state index contributed by atoms with van der Waals surface area (Å²) in [7, 11) is 0. The van der Waals surface area contributed by atoms with Gasteiger partial charge in [0.2, 0.25) is 0 Å². The fourth-order valence-corrected chi connectivity index (χ4v) is 4.10. The molecule has 1 N–H and O–H groups in total. The van der Waals surface area contributed by atoms with Gasteiger partial charge in [-0.2, -0.15) is 0 Å². The van der Waals surface area contributed by atoms with Gasteiger partial charge in [0.05, 0.1) is 10.2 Å². The minimum Gasteiger partial charge on any atom is -0.489 e. The van der Waals surface area contributed by atoms with Crippen molar-refractivity contribution in [2.45, 2.75) is 44.8 Å². The molecule has 0 amide bonds. The number of thiazole rings is 1. The van der Waals surface area contributed by atoms with Gasteiger partial charge in [-0.1, -0.05) is 36.7 Å². The smallest absolute Gasteiger partial charge is 0.184 e. The van der Waals surface area contributed by atoms with Crippen molar-refractivity contribution in [2.75, 3.05) is 5.32 Å². The summed E-state index contributed by atoms with van der Waals surface area (Å²) >= 11 is 1.71. The van der Waals surface area contributed by atoms with E-state index in [1.54, 1.807) is 17.5 Å². The van der Waals surface area contributed by atoms with Crippen LogP contribution in [0.3, 0.4) is 0 Å². The van der Waals surface area contributed by atoms with E-state index in [9.17, 15) is 0 Å². The Morgan fingerprint density at radius 1 is 1.17 bits per heavy atom. The van der Waals surface area contributed by atoms with Crippen LogP contribution in [0.15, 0.2) is 42.7 Å². The third-order valence-corrected chi connectivity index (χ3v) is 5.37. The monoisotopic (exact) mass is 339 g/mol. The molecule has 1 fully saturated rings. The van der Waals surface area contributed by atoms with Gasteiger partial charge in [-0.15, -0.1) is 0 Å². The molecule has 2 aromatic heterocycles. The minimum absolute atomic E-state index is 0.533. The zero-order valence-electron chi connectivity index (χ0n) is 13.6. The maximum atomic E-state index is 5.88. The molecule has 0 bridgehead atoms. The van der Waals surface area contributed by atoms with Crippen molar-refractivity contribution < 1.29 is 4.74 Å². The third kappa shape index (κ3) is 3.67. The Morgan fingerprint density at radius 2 is 2.08 bits per heavy atom. The summed E-state index contributed by atoms with van der Waals surface area (Å²) in [5.41, 5.74) is 2.11.